The van der Waals surface area contributed by atoms with E-state index in [1.807, 2.05) is 0 Å². The molecule has 1 heteroatoms. The summed E-state index contributed by atoms with van der Waals surface area (Å²) in [6, 6.07) is 0.766. The van der Waals surface area contributed by atoms with Crippen molar-refractivity contribution >= 4 is 0 Å². The first-order chi connectivity index (χ1) is 6.95. The lowest BCUT2D eigenvalue weighted by Gasteiger charge is -2.18. The standard InChI is InChI=1S/C14H29N/c1-7-11(10(2)3)8-9-12-13(15-6)14(12,4)5/h10-13,15H,7-9H2,1-6H3. The van der Waals surface area contributed by atoms with Gasteiger partial charge in [0.1, 0.15) is 0 Å². The summed E-state index contributed by atoms with van der Waals surface area (Å²) in [6.45, 7) is 11.9. The van der Waals surface area contributed by atoms with Gasteiger partial charge < -0.3 is 5.32 Å². The van der Waals surface area contributed by atoms with Crippen LogP contribution in [0.4, 0.5) is 0 Å². The molecule has 0 saturated heterocycles. The second kappa shape index (κ2) is 4.86. The van der Waals surface area contributed by atoms with Gasteiger partial charge in [-0.2, -0.15) is 0 Å². The van der Waals surface area contributed by atoms with Gasteiger partial charge in [0.15, 0.2) is 0 Å². The molecule has 1 aliphatic rings. The lowest BCUT2D eigenvalue weighted by atomic mass is 9.87. The maximum atomic E-state index is 3.45. The molecule has 0 aromatic rings. The van der Waals surface area contributed by atoms with Crippen LogP contribution in [0.2, 0.25) is 0 Å². The molecule has 0 bridgehead atoms. The average molecular weight is 211 g/mol. The summed E-state index contributed by atoms with van der Waals surface area (Å²) in [6.07, 6.45) is 4.17. The first-order valence-corrected chi connectivity index (χ1v) is 6.62. The van der Waals surface area contributed by atoms with Crippen molar-refractivity contribution in [3.63, 3.8) is 0 Å². The Hall–Kier alpha value is -0.0400. The molecule has 15 heavy (non-hydrogen) atoms. The topological polar surface area (TPSA) is 12.0 Å². The van der Waals surface area contributed by atoms with Gasteiger partial charge in [-0.25, -0.2) is 0 Å². The molecule has 3 unspecified atom stereocenters. The summed E-state index contributed by atoms with van der Waals surface area (Å²) in [4.78, 5) is 0. The fourth-order valence-corrected chi connectivity index (χ4v) is 3.26. The molecule has 1 fully saturated rings. The molecule has 90 valence electrons. The second-order valence-corrected chi connectivity index (χ2v) is 6.18. The van der Waals surface area contributed by atoms with Crippen molar-refractivity contribution in [2.45, 2.75) is 59.9 Å². The third kappa shape index (κ3) is 2.75. The normalized spacial score (nSPS) is 30.6. The van der Waals surface area contributed by atoms with Crippen LogP contribution in [0.5, 0.6) is 0 Å². The van der Waals surface area contributed by atoms with Crippen molar-refractivity contribution in [2.75, 3.05) is 7.05 Å². The zero-order valence-electron chi connectivity index (χ0n) is 11.4. The van der Waals surface area contributed by atoms with E-state index in [2.05, 4.69) is 47.0 Å². The molecule has 0 spiro atoms. The highest BCUT2D eigenvalue weighted by Gasteiger charge is 2.55. The molecule has 0 amide bonds. The van der Waals surface area contributed by atoms with Crippen LogP contribution in [-0.2, 0) is 0 Å². The van der Waals surface area contributed by atoms with E-state index in [9.17, 15) is 0 Å². The van der Waals surface area contributed by atoms with Crippen molar-refractivity contribution in [1.82, 2.24) is 5.32 Å². The Kier molecular flexibility index (Phi) is 4.22. The molecular weight excluding hydrogens is 182 g/mol. The fraction of sp³-hybridized carbons (Fsp3) is 1.00. The largest absolute Gasteiger partial charge is 0.316 e. The van der Waals surface area contributed by atoms with Gasteiger partial charge in [0.05, 0.1) is 0 Å². The number of nitrogens with one attached hydrogen (secondary N) is 1. The highest BCUT2D eigenvalue weighted by Crippen LogP contribution is 2.54. The monoisotopic (exact) mass is 211 g/mol. The molecule has 0 aromatic carbocycles. The third-order valence-corrected chi connectivity index (χ3v) is 4.68. The smallest absolute Gasteiger partial charge is 0.0152 e. The predicted octanol–water partition coefficient (Wildman–Crippen LogP) is 3.69. The molecule has 1 saturated carbocycles. The van der Waals surface area contributed by atoms with Crippen LogP contribution < -0.4 is 5.32 Å². The van der Waals surface area contributed by atoms with E-state index in [-0.39, 0.29) is 0 Å². The molecule has 0 aliphatic heterocycles. The minimum absolute atomic E-state index is 0.546. The Morgan fingerprint density at radius 3 is 2.20 bits per heavy atom. The molecule has 3 atom stereocenters. The Morgan fingerprint density at radius 2 is 1.87 bits per heavy atom. The SMILES string of the molecule is CCC(CCC1C(NC)C1(C)C)C(C)C. The lowest BCUT2D eigenvalue weighted by molar-refractivity contribution is 0.325. The first kappa shape index (κ1) is 13.0. The molecule has 1 rings (SSSR count). The van der Waals surface area contributed by atoms with Gasteiger partial charge in [-0.1, -0.05) is 41.0 Å². The van der Waals surface area contributed by atoms with Gasteiger partial charge in [0, 0.05) is 6.04 Å². The third-order valence-electron chi connectivity index (χ3n) is 4.68. The molecule has 0 heterocycles. The molecule has 1 N–H and O–H groups in total. The van der Waals surface area contributed by atoms with Crippen molar-refractivity contribution in [3.8, 4) is 0 Å². The summed E-state index contributed by atoms with van der Waals surface area (Å²) < 4.78 is 0. The highest BCUT2D eigenvalue weighted by atomic mass is 15.0. The van der Waals surface area contributed by atoms with E-state index >= 15 is 0 Å². The summed E-state index contributed by atoms with van der Waals surface area (Å²) in [5.74, 6) is 2.69. The van der Waals surface area contributed by atoms with E-state index in [1.54, 1.807) is 0 Å². The van der Waals surface area contributed by atoms with Crippen molar-refractivity contribution in [3.05, 3.63) is 0 Å². The Bertz CT molecular complexity index is 196. The van der Waals surface area contributed by atoms with E-state index in [1.165, 1.54) is 19.3 Å². The average Bonchev–Trinajstić information content (AvgIpc) is 2.68. The van der Waals surface area contributed by atoms with Crippen molar-refractivity contribution in [1.29, 1.82) is 0 Å². The summed E-state index contributed by atoms with van der Waals surface area (Å²) >= 11 is 0. The van der Waals surface area contributed by atoms with Crippen LogP contribution in [0.25, 0.3) is 0 Å². The van der Waals surface area contributed by atoms with Crippen LogP contribution in [0, 0.1) is 23.2 Å². The lowest BCUT2D eigenvalue weighted by Crippen LogP contribution is -2.15. The first-order valence-electron chi connectivity index (χ1n) is 6.62. The Balaban J connectivity index is 2.32. The molecule has 0 radical (unpaired) electrons. The summed E-state index contributed by atoms with van der Waals surface area (Å²) in [7, 11) is 2.10. The number of hydrogen-bond acceptors (Lipinski definition) is 1. The van der Waals surface area contributed by atoms with E-state index in [0.29, 0.717) is 5.41 Å². The molecule has 1 nitrogen and oxygen atoms in total. The van der Waals surface area contributed by atoms with Crippen LogP contribution in [-0.4, -0.2) is 13.1 Å². The quantitative estimate of drug-likeness (QED) is 0.706. The minimum atomic E-state index is 0.546. The van der Waals surface area contributed by atoms with Gasteiger partial charge in [0.2, 0.25) is 0 Å². The van der Waals surface area contributed by atoms with Gasteiger partial charge in [-0.15, -0.1) is 0 Å². The van der Waals surface area contributed by atoms with E-state index in [0.717, 1.165) is 23.8 Å². The zero-order valence-corrected chi connectivity index (χ0v) is 11.4. The number of rotatable bonds is 6. The van der Waals surface area contributed by atoms with Gasteiger partial charge >= 0.3 is 0 Å². The molecule has 1 aliphatic carbocycles. The van der Waals surface area contributed by atoms with Crippen molar-refractivity contribution < 1.29 is 0 Å². The van der Waals surface area contributed by atoms with E-state index in [4.69, 9.17) is 0 Å². The van der Waals surface area contributed by atoms with Crippen molar-refractivity contribution in [2.24, 2.45) is 23.2 Å². The Morgan fingerprint density at radius 1 is 1.27 bits per heavy atom. The maximum Gasteiger partial charge on any atom is 0.0152 e. The van der Waals surface area contributed by atoms with Crippen LogP contribution in [0.3, 0.4) is 0 Å². The van der Waals surface area contributed by atoms with Crippen LogP contribution >= 0.6 is 0 Å². The summed E-state index contributed by atoms with van der Waals surface area (Å²) in [5.41, 5.74) is 0.546. The van der Waals surface area contributed by atoms with Crippen LogP contribution in [0.1, 0.15) is 53.9 Å². The zero-order chi connectivity index (χ0) is 11.6. The maximum absolute atomic E-state index is 3.45. The van der Waals surface area contributed by atoms with E-state index < -0.39 is 0 Å². The van der Waals surface area contributed by atoms with Crippen LogP contribution in [0.15, 0.2) is 0 Å². The predicted molar refractivity (Wildman–Crippen MR) is 68.0 cm³/mol. The van der Waals surface area contributed by atoms with Gasteiger partial charge in [0.25, 0.3) is 0 Å². The number of hydrogen-bond donors (Lipinski definition) is 1. The summed E-state index contributed by atoms with van der Waals surface area (Å²) in [5, 5.41) is 3.45. The molecular formula is C14H29N. The molecule has 0 aromatic heterocycles. The Labute approximate surface area is 96.0 Å². The fourth-order valence-electron chi connectivity index (χ4n) is 3.26. The minimum Gasteiger partial charge on any atom is -0.316 e. The van der Waals surface area contributed by atoms with Gasteiger partial charge in [-0.3, -0.25) is 0 Å². The van der Waals surface area contributed by atoms with Gasteiger partial charge in [-0.05, 0) is 43.1 Å². The second-order valence-electron chi connectivity index (χ2n) is 6.18. The highest BCUT2D eigenvalue weighted by molar-refractivity contribution is 5.09.